The molecule has 25 heavy (non-hydrogen) atoms. The second kappa shape index (κ2) is 8.28. The SMILES string of the molecule is CC1(C)CN(C(CNCc2cccnc2)c2ccc(Cl)cc2)CCO1. The van der Waals surface area contributed by atoms with Gasteiger partial charge in [0.15, 0.2) is 0 Å². The van der Waals surface area contributed by atoms with Gasteiger partial charge in [-0.3, -0.25) is 9.88 Å². The lowest BCUT2D eigenvalue weighted by molar-refractivity contribution is -0.0974. The summed E-state index contributed by atoms with van der Waals surface area (Å²) >= 11 is 6.08. The molecule has 0 bridgehead atoms. The van der Waals surface area contributed by atoms with Crippen LogP contribution in [0.3, 0.4) is 0 Å². The van der Waals surface area contributed by atoms with Crippen molar-refractivity contribution < 1.29 is 4.74 Å². The number of hydrogen-bond donors (Lipinski definition) is 1. The number of pyridine rings is 1. The maximum absolute atomic E-state index is 6.08. The molecule has 1 atom stereocenters. The summed E-state index contributed by atoms with van der Waals surface area (Å²) in [6, 6.07) is 12.5. The van der Waals surface area contributed by atoms with Crippen LogP contribution in [0.25, 0.3) is 0 Å². The smallest absolute Gasteiger partial charge is 0.0753 e. The van der Waals surface area contributed by atoms with E-state index in [1.54, 1.807) is 6.20 Å². The third kappa shape index (κ3) is 5.25. The Balaban J connectivity index is 1.71. The van der Waals surface area contributed by atoms with Gasteiger partial charge in [-0.1, -0.05) is 29.8 Å². The van der Waals surface area contributed by atoms with Crippen molar-refractivity contribution in [3.8, 4) is 0 Å². The Morgan fingerprint density at radius 1 is 1.28 bits per heavy atom. The minimum absolute atomic E-state index is 0.119. The lowest BCUT2D eigenvalue weighted by Gasteiger charge is -2.42. The summed E-state index contributed by atoms with van der Waals surface area (Å²) in [6.07, 6.45) is 3.71. The van der Waals surface area contributed by atoms with Crippen LogP contribution in [0.5, 0.6) is 0 Å². The van der Waals surface area contributed by atoms with Crippen molar-refractivity contribution in [2.45, 2.75) is 32.0 Å². The lowest BCUT2D eigenvalue weighted by atomic mass is 10.0. The number of nitrogens with zero attached hydrogens (tertiary/aromatic N) is 2. The summed E-state index contributed by atoms with van der Waals surface area (Å²) in [5.74, 6) is 0. The van der Waals surface area contributed by atoms with Gasteiger partial charge >= 0.3 is 0 Å². The molecule has 1 aromatic heterocycles. The number of nitrogens with one attached hydrogen (secondary N) is 1. The molecule has 0 saturated carbocycles. The first-order valence-corrected chi connectivity index (χ1v) is 9.14. The van der Waals surface area contributed by atoms with E-state index in [1.807, 2.05) is 24.4 Å². The average molecular weight is 360 g/mol. The molecule has 1 aromatic carbocycles. The van der Waals surface area contributed by atoms with Crippen LogP contribution in [0, 0.1) is 0 Å². The Morgan fingerprint density at radius 2 is 2.08 bits per heavy atom. The second-order valence-corrected chi connectivity index (χ2v) is 7.57. The maximum Gasteiger partial charge on any atom is 0.0753 e. The van der Waals surface area contributed by atoms with Crippen LogP contribution in [-0.4, -0.2) is 41.7 Å². The summed E-state index contributed by atoms with van der Waals surface area (Å²) < 4.78 is 5.88. The maximum atomic E-state index is 6.08. The molecular weight excluding hydrogens is 334 g/mol. The molecule has 0 radical (unpaired) electrons. The Kier molecular flexibility index (Phi) is 6.07. The molecule has 2 aromatic rings. The minimum Gasteiger partial charge on any atom is -0.373 e. The summed E-state index contributed by atoms with van der Waals surface area (Å²) in [6.45, 7) is 8.60. The molecule has 1 saturated heterocycles. The van der Waals surface area contributed by atoms with Gasteiger partial charge in [0.1, 0.15) is 0 Å². The fourth-order valence-electron chi connectivity index (χ4n) is 3.32. The van der Waals surface area contributed by atoms with Gasteiger partial charge < -0.3 is 10.1 Å². The molecule has 0 spiro atoms. The van der Waals surface area contributed by atoms with Gasteiger partial charge in [-0.2, -0.15) is 0 Å². The van der Waals surface area contributed by atoms with Gasteiger partial charge in [0.25, 0.3) is 0 Å². The fraction of sp³-hybridized carbons (Fsp3) is 0.450. The van der Waals surface area contributed by atoms with Gasteiger partial charge in [-0.25, -0.2) is 0 Å². The Bertz CT molecular complexity index is 660. The van der Waals surface area contributed by atoms with Crippen LogP contribution in [0.1, 0.15) is 31.0 Å². The van der Waals surface area contributed by atoms with Crippen LogP contribution in [0.15, 0.2) is 48.8 Å². The van der Waals surface area contributed by atoms with Gasteiger partial charge in [-0.15, -0.1) is 0 Å². The molecule has 5 heteroatoms. The van der Waals surface area contributed by atoms with Crippen LogP contribution < -0.4 is 5.32 Å². The van der Waals surface area contributed by atoms with E-state index >= 15 is 0 Å². The Hall–Kier alpha value is -1.46. The molecule has 0 amide bonds. The van der Waals surface area contributed by atoms with E-state index in [1.165, 1.54) is 11.1 Å². The molecule has 1 aliphatic heterocycles. The molecule has 2 heterocycles. The first-order valence-electron chi connectivity index (χ1n) is 8.77. The Labute approximate surface area is 155 Å². The molecule has 1 fully saturated rings. The normalized spacial score (nSPS) is 18.8. The van der Waals surface area contributed by atoms with Crippen LogP contribution in [0.2, 0.25) is 5.02 Å². The molecule has 1 aliphatic rings. The first kappa shape index (κ1) is 18.3. The zero-order valence-corrected chi connectivity index (χ0v) is 15.7. The minimum atomic E-state index is -0.119. The molecule has 1 unspecified atom stereocenters. The van der Waals surface area contributed by atoms with Crippen molar-refractivity contribution in [1.82, 2.24) is 15.2 Å². The standard InChI is InChI=1S/C20H26ClN3O/c1-20(2)15-24(10-11-25-20)19(17-5-7-18(21)8-6-17)14-23-13-16-4-3-9-22-12-16/h3-9,12,19,23H,10-11,13-15H2,1-2H3. The number of morpholine rings is 1. The van der Waals surface area contributed by atoms with E-state index in [0.29, 0.717) is 0 Å². The second-order valence-electron chi connectivity index (χ2n) is 7.14. The lowest BCUT2D eigenvalue weighted by Crippen LogP contribution is -2.51. The summed E-state index contributed by atoms with van der Waals surface area (Å²) in [5.41, 5.74) is 2.35. The van der Waals surface area contributed by atoms with E-state index < -0.39 is 0 Å². The largest absolute Gasteiger partial charge is 0.373 e. The highest BCUT2D eigenvalue weighted by molar-refractivity contribution is 6.30. The van der Waals surface area contributed by atoms with E-state index in [-0.39, 0.29) is 11.6 Å². The highest BCUT2D eigenvalue weighted by Crippen LogP contribution is 2.27. The molecule has 1 N–H and O–H groups in total. The highest BCUT2D eigenvalue weighted by atomic mass is 35.5. The topological polar surface area (TPSA) is 37.4 Å². The van der Waals surface area contributed by atoms with E-state index in [0.717, 1.165) is 37.8 Å². The number of benzene rings is 1. The number of aromatic nitrogens is 1. The zero-order valence-electron chi connectivity index (χ0n) is 14.9. The number of rotatable bonds is 6. The van der Waals surface area contributed by atoms with Crippen LogP contribution >= 0.6 is 11.6 Å². The third-order valence-corrected chi connectivity index (χ3v) is 4.79. The summed E-state index contributed by atoms with van der Waals surface area (Å²) in [4.78, 5) is 6.68. The predicted molar refractivity (Wildman–Crippen MR) is 102 cm³/mol. The summed E-state index contributed by atoms with van der Waals surface area (Å²) in [7, 11) is 0. The van der Waals surface area contributed by atoms with E-state index in [4.69, 9.17) is 16.3 Å². The Morgan fingerprint density at radius 3 is 2.76 bits per heavy atom. The molecule has 3 rings (SSSR count). The average Bonchev–Trinajstić information content (AvgIpc) is 2.60. The van der Waals surface area contributed by atoms with Crippen molar-refractivity contribution in [1.29, 1.82) is 0 Å². The van der Waals surface area contributed by atoms with Crippen LogP contribution in [-0.2, 0) is 11.3 Å². The molecule has 0 aliphatic carbocycles. The fourth-order valence-corrected chi connectivity index (χ4v) is 3.44. The van der Waals surface area contributed by atoms with Crippen LogP contribution in [0.4, 0.5) is 0 Å². The molecular formula is C20H26ClN3O. The first-order chi connectivity index (χ1) is 12.0. The van der Waals surface area contributed by atoms with Crippen molar-refractivity contribution in [2.24, 2.45) is 0 Å². The van der Waals surface area contributed by atoms with Crippen molar-refractivity contribution in [3.05, 3.63) is 64.9 Å². The molecule has 134 valence electrons. The number of ether oxygens (including phenoxy) is 1. The van der Waals surface area contributed by atoms with Gasteiger partial charge in [0.2, 0.25) is 0 Å². The predicted octanol–water partition coefficient (Wildman–Crippen LogP) is 3.68. The van der Waals surface area contributed by atoms with Crippen molar-refractivity contribution in [3.63, 3.8) is 0 Å². The highest BCUT2D eigenvalue weighted by Gasteiger charge is 2.31. The van der Waals surface area contributed by atoms with Crippen molar-refractivity contribution >= 4 is 11.6 Å². The van der Waals surface area contributed by atoms with Crippen molar-refractivity contribution in [2.75, 3.05) is 26.2 Å². The van der Waals surface area contributed by atoms with E-state index in [9.17, 15) is 0 Å². The molecule has 4 nitrogen and oxygen atoms in total. The zero-order chi connectivity index (χ0) is 17.7. The van der Waals surface area contributed by atoms with E-state index in [2.05, 4.69) is 47.2 Å². The summed E-state index contributed by atoms with van der Waals surface area (Å²) in [5, 5.41) is 4.36. The third-order valence-electron chi connectivity index (χ3n) is 4.54. The van der Waals surface area contributed by atoms with Gasteiger partial charge in [0, 0.05) is 49.6 Å². The van der Waals surface area contributed by atoms with Gasteiger partial charge in [0.05, 0.1) is 12.2 Å². The quantitative estimate of drug-likeness (QED) is 0.853. The van der Waals surface area contributed by atoms with Gasteiger partial charge in [-0.05, 0) is 43.2 Å². The number of hydrogen-bond acceptors (Lipinski definition) is 4. The monoisotopic (exact) mass is 359 g/mol. The number of halogens is 1.